The molecule has 9 heteroatoms. The molecule has 0 aliphatic rings. The van der Waals surface area contributed by atoms with E-state index in [0.717, 1.165) is 28.3 Å². The van der Waals surface area contributed by atoms with Gasteiger partial charge in [-0.1, -0.05) is 0 Å². The van der Waals surface area contributed by atoms with E-state index in [1.807, 2.05) is 37.5 Å². The summed E-state index contributed by atoms with van der Waals surface area (Å²) in [4.78, 5) is 4.42. The maximum atomic E-state index is 5.42. The third-order valence-corrected chi connectivity index (χ3v) is 4.56. The van der Waals surface area contributed by atoms with Gasteiger partial charge in [0, 0.05) is 25.4 Å². The van der Waals surface area contributed by atoms with E-state index in [2.05, 4.69) is 20.5 Å². The van der Waals surface area contributed by atoms with Gasteiger partial charge in [-0.05, 0) is 29.8 Å². The molecule has 0 aliphatic heterocycles. The Morgan fingerprint density at radius 2 is 1.76 bits per heavy atom. The van der Waals surface area contributed by atoms with E-state index in [1.54, 1.807) is 42.9 Å². The number of imidazole rings is 1. The molecule has 0 bridgehead atoms. The first kappa shape index (κ1) is 18.6. The summed E-state index contributed by atoms with van der Waals surface area (Å²) < 4.78 is 19.8. The molecule has 0 radical (unpaired) electrons. The quantitative estimate of drug-likeness (QED) is 0.516. The summed E-state index contributed by atoms with van der Waals surface area (Å²) in [5.41, 5.74) is 3.57. The molecule has 0 aliphatic carbocycles. The lowest BCUT2D eigenvalue weighted by Crippen LogP contribution is -2.05. The minimum atomic E-state index is 0.534. The topological polar surface area (TPSA) is 87.7 Å². The van der Waals surface area contributed by atoms with Crippen LogP contribution in [0.2, 0.25) is 0 Å². The first-order valence-electron chi connectivity index (χ1n) is 8.99. The van der Waals surface area contributed by atoms with Crippen LogP contribution in [0.5, 0.6) is 17.2 Å². The minimum absolute atomic E-state index is 0.534. The van der Waals surface area contributed by atoms with Gasteiger partial charge in [0.15, 0.2) is 17.1 Å². The Balaban J connectivity index is 1.60. The monoisotopic (exact) mass is 394 g/mol. The number of fused-ring (bicyclic) bond motifs is 1. The summed E-state index contributed by atoms with van der Waals surface area (Å²) in [6.45, 7) is 0.534. The molecule has 4 aromatic rings. The van der Waals surface area contributed by atoms with Gasteiger partial charge in [0.25, 0.3) is 0 Å². The molecule has 1 N–H and O–H groups in total. The first-order chi connectivity index (χ1) is 14.1. The second-order valence-electron chi connectivity index (χ2n) is 6.42. The molecule has 1 aromatic carbocycles. The predicted octanol–water partition coefficient (Wildman–Crippen LogP) is 2.77. The van der Waals surface area contributed by atoms with Crippen molar-refractivity contribution in [3.63, 3.8) is 0 Å². The maximum absolute atomic E-state index is 5.42. The van der Waals surface area contributed by atoms with Crippen LogP contribution in [0.25, 0.3) is 16.9 Å². The van der Waals surface area contributed by atoms with Gasteiger partial charge in [-0.2, -0.15) is 5.10 Å². The average Bonchev–Trinajstić information content (AvgIpc) is 3.36. The number of nitrogens with zero attached hydrogens (tertiary/aromatic N) is 5. The molecule has 0 saturated heterocycles. The highest BCUT2D eigenvalue weighted by molar-refractivity contribution is 5.62. The molecule has 150 valence electrons. The van der Waals surface area contributed by atoms with Crippen molar-refractivity contribution in [1.82, 2.24) is 24.4 Å². The van der Waals surface area contributed by atoms with Crippen molar-refractivity contribution in [2.75, 3.05) is 26.6 Å². The van der Waals surface area contributed by atoms with Crippen molar-refractivity contribution < 1.29 is 14.2 Å². The maximum Gasteiger partial charge on any atom is 0.203 e. The number of methoxy groups -OCH3 is 3. The molecule has 0 atom stereocenters. The molecule has 0 saturated carbocycles. The molecule has 0 amide bonds. The van der Waals surface area contributed by atoms with E-state index in [-0.39, 0.29) is 0 Å². The summed E-state index contributed by atoms with van der Waals surface area (Å²) in [7, 11) is 6.67. The smallest absolute Gasteiger partial charge is 0.203 e. The van der Waals surface area contributed by atoms with Gasteiger partial charge in [0.05, 0.1) is 39.4 Å². The lowest BCUT2D eigenvalue weighted by atomic mass is 10.1. The Morgan fingerprint density at radius 3 is 2.38 bits per heavy atom. The Morgan fingerprint density at radius 1 is 1.00 bits per heavy atom. The first-order valence-corrected chi connectivity index (χ1v) is 8.99. The van der Waals surface area contributed by atoms with Crippen LogP contribution >= 0.6 is 0 Å². The number of rotatable bonds is 7. The molecule has 0 spiro atoms. The van der Waals surface area contributed by atoms with Crippen LogP contribution in [0.4, 0.5) is 5.82 Å². The van der Waals surface area contributed by atoms with Crippen molar-refractivity contribution in [1.29, 1.82) is 0 Å². The van der Waals surface area contributed by atoms with Crippen molar-refractivity contribution in [3.8, 4) is 28.5 Å². The molecule has 3 heterocycles. The molecular weight excluding hydrogens is 372 g/mol. The Hall–Kier alpha value is -3.75. The Bertz CT molecular complexity index is 1130. The zero-order chi connectivity index (χ0) is 20.4. The van der Waals surface area contributed by atoms with Crippen LogP contribution in [0.15, 0.2) is 42.9 Å². The summed E-state index contributed by atoms with van der Waals surface area (Å²) in [5, 5.41) is 12.2. The Labute approximate surface area is 167 Å². The van der Waals surface area contributed by atoms with Gasteiger partial charge >= 0.3 is 0 Å². The standard InChI is InChI=1S/C20H22N6O3/c1-25-12-14(10-23-25)15-11-22-19-6-5-18(24-26(15)19)21-9-13-7-16(27-2)20(29-4)17(8-13)28-3/h5-8,10-12H,9H2,1-4H3,(H,21,24). The van der Waals surface area contributed by atoms with Crippen LogP contribution < -0.4 is 19.5 Å². The van der Waals surface area contributed by atoms with Gasteiger partial charge in [-0.25, -0.2) is 9.50 Å². The van der Waals surface area contributed by atoms with Crippen LogP contribution in [-0.4, -0.2) is 45.7 Å². The van der Waals surface area contributed by atoms with E-state index < -0.39 is 0 Å². The van der Waals surface area contributed by atoms with E-state index in [0.29, 0.717) is 23.8 Å². The van der Waals surface area contributed by atoms with Gasteiger partial charge in [0.2, 0.25) is 5.75 Å². The number of hydrogen-bond acceptors (Lipinski definition) is 7. The van der Waals surface area contributed by atoms with Crippen molar-refractivity contribution in [2.24, 2.45) is 7.05 Å². The summed E-state index contributed by atoms with van der Waals surface area (Å²) in [6.07, 6.45) is 5.52. The van der Waals surface area contributed by atoms with Crippen molar-refractivity contribution in [2.45, 2.75) is 6.54 Å². The fourth-order valence-electron chi connectivity index (χ4n) is 3.15. The number of anilines is 1. The summed E-state index contributed by atoms with van der Waals surface area (Å²) in [6, 6.07) is 7.63. The zero-order valence-electron chi connectivity index (χ0n) is 16.7. The van der Waals surface area contributed by atoms with Crippen molar-refractivity contribution in [3.05, 3.63) is 48.4 Å². The third-order valence-electron chi connectivity index (χ3n) is 4.56. The van der Waals surface area contributed by atoms with Crippen LogP contribution in [0.1, 0.15) is 5.56 Å². The van der Waals surface area contributed by atoms with Gasteiger partial charge in [-0.15, -0.1) is 5.10 Å². The third kappa shape index (κ3) is 3.54. The largest absolute Gasteiger partial charge is 0.493 e. The fourth-order valence-corrected chi connectivity index (χ4v) is 3.15. The second kappa shape index (κ2) is 7.70. The lowest BCUT2D eigenvalue weighted by molar-refractivity contribution is 0.324. The number of aryl methyl sites for hydroxylation is 1. The van der Waals surface area contributed by atoms with Crippen LogP contribution in [0.3, 0.4) is 0 Å². The second-order valence-corrected chi connectivity index (χ2v) is 6.42. The number of aromatic nitrogens is 5. The molecule has 3 aromatic heterocycles. The number of benzene rings is 1. The molecule has 29 heavy (non-hydrogen) atoms. The van der Waals surface area contributed by atoms with Crippen molar-refractivity contribution >= 4 is 11.5 Å². The van der Waals surface area contributed by atoms with E-state index in [4.69, 9.17) is 14.2 Å². The zero-order valence-corrected chi connectivity index (χ0v) is 16.7. The molecular formula is C20H22N6O3. The highest BCUT2D eigenvalue weighted by atomic mass is 16.5. The van der Waals surface area contributed by atoms with Crippen LogP contribution in [0, 0.1) is 0 Å². The fraction of sp³-hybridized carbons (Fsp3) is 0.250. The molecule has 9 nitrogen and oxygen atoms in total. The number of hydrogen-bond donors (Lipinski definition) is 1. The number of nitrogens with one attached hydrogen (secondary N) is 1. The average molecular weight is 394 g/mol. The van der Waals surface area contributed by atoms with Crippen LogP contribution in [-0.2, 0) is 13.6 Å². The molecule has 0 fully saturated rings. The summed E-state index contributed by atoms with van der Waals surface area (Å²) in [5.74, 6) is 2.51. The van der Waals surface area contributed by atoms with Gasteiger partial charge in [0.1, 0.15) is 5.82 Å². The van der Waals surface area contributed by atoms with Gasteiger partial charge < -0.3 is 19.5 Å². The SMILES string of the molecule is COc1cc(CNc2ccc3ncc(-c4cnn(C)c4)n3n2)cc(OC)c1OC. The minimum Gasteiger partial charge on any atom is -0.493 e. The Kier molecular flexibility index (Phi) is 4.94. The van der Waals surface area contributed by atoms with E-state index >= 15 is 0 Å². The highest BCUT2D eigenvalue weighted by Gasteiger charge is 2.14. The van der Waals surface area contributed by atoms with Gasteiger partial charge in [-0.3, -0.25) is 4.68 Å². The van der Waals surface area contributed by atoms with E-state index in [1.165, 1.54) is 0 Å². The predicted molar refractivity (Wildman–Crippen MR) is 109 cm³/mol. The molecule has 0 unspecified atom stereocenters. The highest BCUT2D eigenvalue weighted by Crippen LogP contribution is 2.38. The molecule has 4 rings (SSSR count). The van der Waals surface area contributed by atoms with E-state index in [9.17, 15) is 0 Å². The normalized spacial score (nSPS) is 10.9. The number of ether oxygens (including phenoxy) is 3. The lowest BCUT2D eigenvalue weighted by Gasteiger charge is -2.14. The summed E-state index contributed by atoms with van der Waals surface area (Å²) >= 11 is 0.